The number of hydrogen-bond acceptors (Lipinski definition) is 3. The van der Waals surface area contributed by atoms with E-state index in [0.29, 0.717) is 18.0 Å². The average Bonchev–Trinajstić information content (AvgIpc) is 2.53. The van der Waals surface area contributed by atoms with Gasteiger partial charge in [0.05, 0.1) is 0 Å². The van der Waals surface area contributed by atoms with Crippen molar-refractivity contribution in [2.24, 2.45) is 0 Å². The zero-order valence-corrected chi connectivity index (χ0v) is 13.5. The number of nitrogens with one attached hydrogen (secondary N) is 1. The normalized spacial score (nSPS) is 10.0. The molecule has 2 rings (SSSR count). The minimum absolute atomic E-state index is 0.0308. The van der Waals surface area contributed by atoms with Crippen molar-refractivity contribution in [2.45, 2.75) is 13.8 Å². The summed E-state index contributed by atoms with van der Waals surface area (Å²) in [7, 11) is 0. The van der Waals surface area contributed by atoms with Crippen molar-refractivity contribution in [3.8, 4) is 11.5 Å². The highest BCUT2D eigenvalue weighted by molar-refractivity contribution is 5.91. The van der Waals surface area contributed by atoms with Gasteiger partial charge >= 0.3 is 0 Å². The molecule has 0 aromatic heterocycles. The molecule has 4 nitrogen and oxygen atoms in total. The molecule has 4 heteroatoms. The molecule has 0 aliphatic rings. The van der Waals surface area contributed by atoms with Crippen LogP contribution >= 0.6 is 0 Å². The first-order chi connectivity index (χ1) is 11.0. The monoisotopic (exact) mass is 311 g/mol. The quantitative estimate of drug-likeness (QED) is 0.787. The van der Waals surface area contributed by atoms with Crippen LogP contribution in [0.25, 0.3) is 0 Å². The molecular weight excluding hydrogens is 290 g/mol. The van der Waals surface area contributed by atoms with Gasteiger partial charge in [0.1, 0.15) is 18.1 Å². The van der Waals surface area contributed by atoms with Crippen molar-refractivity contribution >= 4 is 11.6 Å². The molecule has 0 bridgehead atoms. The van der Waals surface area contributed by atoms with Crippen molar-refractivity contribution in [1.29, 1.82) is 0 Å². The van der Waals surface area contributed by atoms with Crippen LogP contribution < -0.4 is 14.8 Å². The number of carbonyl (C=O) groups excluding carboxylic acids is 1. The van der Waals surface area contributed by atoms with E-state index in [-0.39, 0.29) is 12.5 Å². The number of rotatable bonds is 7. The van der Waals surface area contributed by atoms with E-state index in [1.54, 1.807) is 24.3 Å². The summed E-state index contributed by atoms with van der Waals surface area (Å²) in [6.07, 6.45) is 0. The predicted molar refractivity (Wildman–Crippen MR) is 92.1 cm³/mol. The first kappa shape index (κ1) is 16.6. The van der Waals surface area contributed by atoms with Gasteiger partial charge < -0.3 is 14.8 Å². The molecule has 0 spiro atoms. The number of ether oxygens (including phenoxy) is 2. The number of carbonyl (C=O) groups is 1. The van der Waals surface area contributed by atoms with Crippen LogP contribution in [-0.4, -0.2) is 19.1 Å². The Morgan fingerprint density at radius 2 is 1.48 bits per heavy atom. The summed E-state index contributed by atoms with van der Waals surface area (Å²) in [6.45, 7) is 8.14. The SMILES string of the molecule is C=C(C)COc1ccc(NC(=O)COc2ccc(C)cc2)cc1. The van der Waals surface area contributed by atoms with Gasteiger partial charge in [-0.25, -0.2) is 0 Å². The lowest BCUT2D eigenvalue weighted by molar-refractivity contribution is -0.118. The summed E-state index contributed by atoms with van der Waals surface area (Å²) in [5.74, 6) is 1.21. The maximum absolute atomic E-state index is 11.9. The topological polar surface area (TPSA) is 47.6 Å². The third-order valence-corrected chi connectivity index (χ3v) is 3.01. The summed E-state index contributed by atoms with van der Waals surface area (Å²) in [4.78, 5) is 11.9. The van der Waals surface area contributed by atoms with Gasteiger partial charge in [-0.3, -0.25) is 4.79 Å². The summed E-state index contributed by atoms with van der Waals surface area (Å²) in [5, 5.41) is 2.78. The van der Waals surface area contributed by atoms with Gasteiger partial charge in [0.15, 0.2) is 6.61 Å². The molecular formula is C19H21NO3. The number of benzene rings is 2. The largest absolute Gasteiger partial charge is 0.489 e. The van der Waals surface area contributed by atoms with E-state index in [1.807, 2.05) is 38.1 Å². The zero-order valence-electron chi connectivity index (χ0n) is 13.5. The van der Waals surface area contributed by atoms with Crippen LogP contribution in [0, 0.1) is 6.92 Å². The minimum Gasteiger partial charge on any atom is -0.489 e. The Morgan fingerprint density at radius 1 is 0.957 bits per heavy atom. The van der Waals surface area contributed by atoms with Crippen LogP contribution in [0.3, 0.4) is 0 Å². The van der Waals surface area contributed by atoms with E-state index in [2.05, 4.69) is 11.9 Å². The van der Waals surface area contributed by atoms with Crippen molar-refractivity contribution in [2.75, 3.05) is 18.5 Å². The maximum atomic E-state index is 11.9. The first-order valence-corrected chi connectivity index (χ1v) is 7.39. The Kier molecular flexibility index (Phi) is 5.80. The van der Waals surface area contributed by atoms with Crippen LogP contribution in [0.2, 0.25) is 0 Å². The minimum atomic E-state index is -0.207. The van der Waals surface area contributed by atoms with Crippen molar-refractivity contribution in [3.05, 3.63) is 66.2 Å². The van der Waals surface area contributed by atoms with Gasteiger partial charge in [-0.2, -0.15) is 0 Å². The maximum Gasteiger partial charge on any atom is 0.262 e. The summed E-state index contributed by atoms with van der Waals surface area (Å²) >= 11 is 0. The van der Waals surface area contributed by atoms with E-state index >= 15 is 0 Å². The highest BCUT2D eigenvalue weighted by Crippen LogP contribution is 2.16. The third kappa shape index (κ3) is 5.87. The number of amides is 1. The summed E-state index contributed by atoms with van der Waals surface area (Å²) in [5.41, 5.74) is 2.80. The molecule has 120 valence electrons. The molecule has 23 heavy (non-hydrogen) atoms. The van der Waals surface area contributed by atoms with Gasteiger partial charge in [0, 0.05) is 5.69 Å². The molecule has 0 saturated carbocycles. The van der Waals surface area contributed by atoms with Crippen molar-refractivity contribution in [1.82, 2.24) is 0 Å². The fourth-order valence-electron chi connectivity index (χ4n) is 1.82. The lowest BCUT2D eigenvalue weighted by atomic mass is 10.2. The zero-order chi connectivity index (χ0) is 16.7. The van der Waals surface area contributed by atoms with Crippen LogP contribution in [0.1, 0.15) is 12.5 Å². The molecule has 0 fully saturated rings. The molecule has 0 atom stereocenters. The van der Waals surface area contributed by atoms with E-state index in [4.69, 9.17) is 9.47 Å². The van der Waals surface area contributed by atoms with E-state index in [0.717, 1.165) is 16.9 Å². The number of anilines is 1. The van der Waals surface area contributed by atoms with Crippen LogP contribution in [0.4, 0.5) is 5.69 Å². The molecule has 0 saturated heterocycles. The fraction of sp³-hybridized carbons (Fsp3) is 0.211. The highest BCUT2D eigenvalue weighted by Gasteiger charge is 2.04. The van der Waals surface area contributed by atoms with Crippen LogP contribution in [0.5, 0.6) is 11.5 Å². The molecule has 0 unspecified atom stereocenters. The van der Waals surface area contributed by atoms with Gasteiger partial charge in [0.25, 0.3) is 5.91 Å². The predicted octanol–water partition coefficient (Wildman–Crippen LogP) is 3.97. The average molecular weight is 311 g/mol. The standard InChI is InChI=1S/C19H21NO3/c1-14(2)12-22-18-10-6-16(7-11-18)20-19(21)13-23-17-8-4-15(3)5-9-17/h4-11H,1,12-13H2,2-3H3,(H,20,21). The van der Waals surface area contributed by atoms with E-state index in [9.17, 15) is 4.79 Å². The lowest BCUT2D eigenvalue weighted by Gasteiger charge is -2.09. The van der Waals surface area contributed by atoms with Gasteiger partial charge in [0.2, 0.25) is 0 Å². The van der Waals surface area contributed by atoms with Crippen LogP contribution in [0.15, 0.2) is 60.7 Å². The Labute approximate surface area is 136 Å². The smallest absolute Gasteiger partial charge is 0.262 e. The Bertz CT molecular complexity index is 660. The molecule has 2 aromatic rings. The first-order valence-electron chi connectivity index (χ1n) is 7.39. The number of hydrogen-bond donors (Lipinski definition) is 1. The summed E-state index contributed by atoms with van der Waals surface area (Å²) in [6, 6.07) is 14.8. The Morgan fingerprint density at radius 3 is 2.04 bits per heavy atom. The second kappa shape index (κ2) is 8.03. The van der Waals surface area contributed by atoms with E-state index in [1.165, 1.54) is 0 Å². The van der Waals surface area contributed by atoms with Gasteiger partial charge in [-0.1, -0.05) is 24.3 Å². The molecule has 0 aliphatic carbocycles. The van der Waals surface area contributed by atoms with Gasteiger partial charge in [-0.15, -0.1) is 0 Å². The second-order valence-corrected chi connectivity index (χ2v) is 5.42. The van der Waals surface area contributed by atoms with Crippen LogP contribution in [-0.2, 0) is 4.79 Å². The van der Waals surface area contributed by atoms with Crippen molar-refractivity contribution < 1.29 is 14.3 Å². The number of aryl methyl sites for hydroxylation is 1. The molecule has 0 heterocycles. The molecule has 2 aromatic carbocycles. The third-order valence-electron chi connectivity index (χ3n) is 3.01. The second-order valence-electron chi connectivity index (χ2n) is 5.42. The molecule has 1 amide bonds. The van der Waals surface area contributed by atoms with E-state index < -0.39 is 0 Å². The Balaban J connectivity index is 1.80. The highest BCUT2D eigenvalue weighted by atomic mass is 16.5. The lowest BCUT2D eigenvalue weighted by Crippen LogP contribution is -2.20. The molecule has 0 aliphatic heterocycles. The van der Waals surface area contributed by atoms with Gasteiger partial charge in [-0.05, 0) is 55.8 Å². The molecule has 1 N–H and O–H groups in total. The fourth-order valence-corrected chi connectivity index (χ4v) is 1.82. The molecule has 0 radical (unpaired) electrons. The Hall–Kier alpha value is -2.75. The summed E-state index contributed by atoms with van der Waals surface area (Å²) < 4.78 is 10.9. The van der Waals surface area contributed by atoms with Crippen molar-refractivity contribution in [3.63, 3.8) is 0 Å².